The van der Waals surface area contributed by atoms with Gasteiger partial charge in [0.05, 0.1) is 23.4 Å². The quantitative estimate of drug-likeness (QED) is 0.556. The molecule has 1 aliphatic heterocycles. The van der Waals surface area contributed by atoms with Crippen LogP contribution in [0, 0.1) is 0 Å². The number of thiocarbonyl (C=S) groups is 1. The SMILES string of the molecule is O=C(NC(=S)Nc1nc2ccc(N3CCOCC3)cc2s1)c1ccc(Br)cc1. The maximum atomic E-state index is 12.3. The van der Waals surface area contributed by atoms with E-state index in [0.29, 0.717) is 10.7 Å². The lowest BCUT2D eigenvalue weighted by Gasteiger charge is -2.28. The number of benzene rings is 2. The van der Waals surface area contributed by atoms with Crippen LogP contribution in [0.4, 0.5) is 10.8 Å². The van der Waals surface area contributed by atoms with Gasteiger partial charge in [-0.2, -0.15) is 0 Å². The van der Waals surface area contributed by atoms with Crippen molar-refractivity contribution in [3.8, 4) is 0 Å². The molecule has 3 aromatic rings. The van der Waals surface area contributed by atoms with Crippen LogP contribution in [-0.4, -0.2) is 42.3 Å². The number of carbonyl (C=O) groups excluding carboxylic acids is 1. The number of carbonyl (C=O) groups is 1. The molecule has 6 nitrogen and oxygen atoms in total. The van der Waals surface area contributed by atoms with Gasteiger partial charge in [0.2, 0.25) is 0 Å². The lowest BCUT2D eigenvalue weighted by molar-refractivity contribution is 0.0977. The van der Waals surface area contributed by atoms with E-state index in [9.17, 15) is 4.79 Å². The summed E-state index contributed by atoms with van der Waals surface area (Å²) in [4.78, 5) is 19.1. The van der Waals surface area contributed by atoms with Crippen molar-refractivity contribution in [3.05, 3.63) is 52.5 Å². The van der Waals surface area contributed by atoms with E-state index in [1.165, 1.54) is 11.3 Å². The first-order valence-electron chi connectivity index (χ1n) is 8.70. The highest BCUT2D eigenvalue weighted by atomic mass is 79.9. The summed E-state index contributed by atoms with van der Waals surface area (Å²) < 4.78 is 7.39. The zero-order valence-corrected chi connectivity index (χ0v) is 18.0. The molecule has 1 aliphatic rings. The fraction of sp³-hybridized carbons (Fsp3) is 0.211. The first-order valence-corrected chi connectivity index (χ1v) is 10.7. The first kappa shape index (κ1) is 19.3. The Morgan fingerprint density at radius 1 is 1.18 bits per heavy atom. The van der Waals surface area contributed by atoms with Crippen molar-refractivity contribution in [2.75, 3.05) is 36.5 Å². The van der Waals surface area contributed by atoms with Gasteiger partial charge < -0.3 is 15.0 Å². The summed E-state index contributed by atoms with van der Waals surface area (Å²) in [5.41, 5.74) is 2.59. The number of hydrogen-bond acceptors (Lipinski definition) is 6. The molecule has 4 rings (SSSR count). The highest BCUT2D eigenvalue weighted by molar-refractivity contribution is 9.10. The molecular weight excluding hydrogens is 460 g/mol. The lowest BCUT2D eigenvalue weighted by Crippen LogP contribution is -2.36. The summed E-state index contributed by atoms with van der Waals surface area (Å²) in [5.74, 6) is -0.263. The van der Waals surface area contributed by atoms with Crippen LogP contribution in [0.1, 0.15) is 10.4 Å². The minimum atomic E-state index is -0.263. The Morgan fingerprint density at radius 3 is 2.68 bits per heavy atom. The van der Waals surface area contributed by atoms with Crippen LogP contribution in [0.2, 0.25) is 0 Å². The Labute approximate surface area is 180 Å². The molecule has 0 bridgehead atoms. The van der Waals surface area contributed by atoms with Crippen molar-refractivity contribution in [1.29, 1.82) is 0 Å². The second kappa shape index (κ2) is 8.52. The van der Waals surface area contributed by atoms with E-state index >= 15 is 0 Å². The van der Waals surface area contributed by atoms with E-state index in [-0.39, 0.29) is 11.0 Å². The van der Waals surface area contributed by atoms with Crippen molar-refractivity contribution in [2.24, 2.45) is 0 Å². The second-order valence-corrected chi connectivity index (χ2v) is 8.54. The molecule has 1 fully saturated rings. The monoisotopic (exact) mass is 476 g/mol. The van der Waals surface area contributed by atoms with Crippen molar-refractivity contribution >= 4 is 71.5 Å². The van der Waals surface area contributed by atoms with Crippen molar-refractivity contribution in [2.45, 2.75) is 0 Å². The molecule has 2 N–H and O–H groups in total. The third kappa shape index (κ3) is 4.49. The molecule has 1 aromatic heterocycles. The van der Waals surface area contributed by atoms with Crippen LogP contribution in [0.5, 0.6) is 0 Å². The molecule has 2 aromatic carbocycles. The van der Waals surface area contributed by atoms with Crippen LogP contribution >= 0.6 is 39.5 Å². The van der Waals surface area contributed by atoms with Crippen molar-refractivity contribution < 1.29 is 9.53 Å². The minimum absolute atomic E-state index is 0.223. The summed E-state index contributed by atoms with van der Waals surface area (Å²) in [5, 5.41) is 6.56. The number of rotatable bonds is 3. The molecule has 1 amide bonds. The maximum absolute atomic E-state index is 12.3. The normalized spacial score (nSPS) is 14.1. The number of ether oxygens (including phenoxy) is 1. The number of aromatic nitrogens is 1. The van der Waals surface area contributed by atoms with Crippen molar-refractivity contribution in [1.82, 2.24) is 10.3 Å². The molecule has 0 spiro atoms. The minimum Gasteiger partial charge on any atom is -0.378 e. The van der Waals surface area contributed by atoms with E-state index in [0.717, 1.165) is 46.7 Å². The number of anilines is 2. The third-order valence-electron chi connectivity index (χ3n) is 4.30. The fourth-order valence-corrected chi connectivity index (χ4v) is 4.31. The van der Waals surface area contributed by atoms with Crippen molar-refractivity contribution in [3.63, 3.8) is 0 Å². The van der Waals surface area contributed by atoms with Gasteiger partial charge in [0.1, 0.15) is 0 Å². The Morgan fingerprint density at radius 2 is 1.93 bits per heavy atom. The molecule has 28 heavy (non-hydrogen) atoms. The fourth-order valence-electron chi connectivity index (χ4n) is 2.89. The lowest BCUT2D eigenvalue weighted by atomic mass is 10.2. The van der Waals surface area contributed by atoms with E-state index in [2.05, 4.69) is 48.6 Å². The average Bonchev–Trinajstić information content (AvgIpc) is 3.10. The summed E-state index contributed by atoms with van der Waals surface area (Å²) >= 11 is 10.1. The van der Waals surface area contributed by atoms with Gasteiger partial charge in [0.15, 0.2) is 10.2 Å². The third-order valence-corrected chi connectivity index (χ3v) is 5.97. The van der Waals surface area contributed by atoms with Crippen LogP contribution < -0.4 is 15.5 Å². The smallest absolute Gasteiger partial charge is 0.257 e. The Hall–Kier alpha value is -2.07. The van der Waals surface area contributed by atoms with Crippen LogP contribution in [0.25, 0.3) is 10.2 Å². The van der Waals surface area contributed by atoms with E-state index in [1.807, 2.05) is 18.2 Å². The second-order valence-electron chi connectivity index (χ2n) is 6.19. The molecule has 1 saturated heterocycles. The summed E-state index contributed by atoms with van der Waals surface area (Å²) in [6.45, 7) is 3.28. The number of nitrogens with one attached hydrogen (secondary N) is 2. The number of halogens is 1. The molecule has 2 heterocycles. The molecule has 0 radical (unpaired) electrons. The van der Waals surface area contributed by atoms with Gasteiger partial charge in [-0.15, -0.1) is 0 Å². The molecule has 0 unspecified atom stereocenters. The summed E-state index contributed by atoms with van der Waals surface area (Å²) in [6, 6.07) is 13.3. The van der Waals surface area contributed by atoms with E-state index in [1.54, 1.807) is 12.1 Å². The zero-order valence-electron chi connectivity index (χ0n) is 14.8. The molecule has 9 heteroatoms. The van der Waals surface area contributed by atoms with Gasteiger partial charge in [-0.1, -0.05) is 27.3 Å². The predicted octanol–water partition coefficient (Wildman–Crippen LogP) is 4.02. The van der Waals surface area contributed by atoms with Crippen LogP contribution in [0.15, 0.2) is 46.9 Å². The highest BCUT2D eigenvalue weighted by Crippen LogP contribution is 2.30. The number of hydrogen-bond donors (Lipinski definition) is 2. The topological polar surface area (TPSA) is 66.5 Å². The predicted molar refractivity (Wildman–Crippen MR) is 120 cm³/mol. The zero-order chi connectivity index (χ0) is 19.5. The van der Waals surface area contributed by atoms with Gasteiger partial charge in [0.25, 0.3) is 5.91 Å². The largest absolute Gasteiger partial charge is 0.378 e. The molecule has 144 valence electrons. The van der Waals surface area contributed by atoms with Crippen LogP contribution in [-0.2, 0) is 4.74 Å². The van der Waals surface area contributed by atoms with Gasteiger partial charge in [-0.3, -0.25) is 10.1 Å². The Kier molecular flexibility index (Phi) is 5.86. The molecular formula is C19H17BrN4O2S2. The number of thiazole rings is 1. The number of fused-ring (bicyclic) bond motifs is 1. The number of nitrogens with zero attached hydrogens (tertiary/aromatic N) is 2. The molecule has 0 aliphatic carbocycles. The standard InChI is InChI=1S/C19H17BrN4O2S2/c20-13-3-1-12(2-4-13)17(25)22-18(27)23-19-21-15-6-5-14(11-16(15)28-19)24-7-9-26-10-8-24/h1-6,11H,7-10H2,(H2,21,22,23,25,27). The van der Waals surface area contributed by atoms with Gasteiger partial charge in [-0.05, 0) is 54.7 Å². The van der Waals surface area contributed by atoms with Gasteiger partial charge in [-0.25, -0.2) is 4.98 Å². The molecule has 0 atom stereocenters. The first-order chi connectivity index (χ1) is 13.6. The number of morpholine rings is 1. The Bertz CT molecular complexity index is 1020. The average molecular weight is 477 g/mol. The highest BCUT2D eigenvalue weighted by Gasteiger charge is 2.14. The Balaban J connectivity index is 1.43. The summed E-state index contributed by atoms with van der Waals surface area (Å²) in [6.07, 6.45) is 0. The summed E-state index contributed by atoms with van der Waals surface area (Å²) in [7, 11) is 0. The maximum Gasteiger partial charge on any atom is 0.257 e. The van der Waals surface area contributed by atoms with E-state index < -0.39 is 0 Å². The van der Waals surface area contributed by atoms with E-state index in [4.69, 9.17) is 17.0 Å². The molecule has 0 saturated carbocycles. The number of amides is 1. The van der Waals surface area contributed by atoms with Gasteiger partial charge >= 0.3 is 0 Å². The van der Waals surface area contributed by atoms with Crippen LogP contribution in [0.3, 0.4) is 0 Å². The van der Waals surface area contributed by atoms with Gasteiger partial charge in [0, 0.05) is 28.8 Å².